The van der Waals surface area contributed by atoms with E-state index in [1.54, 1.807) is 0 Å². The number of nitrogens with one attached hydrogen (secondary N) is 2. The molecule has 0 atom stereocenters. The van der Waals surface area contributed by atoms with E-state index in [1.807, 2.05) is 37.3 Å². The van der Waals surface area contributed by atoms with Crippen LogP contribution < -0.4 is 5.43 Å². The van der Waals surface area contributed by atoms with Crippen molar-refractivity contribution in [2.45, 2.75) is 6.92 Å². The van der Waals surface area contributed by atoms with Crippen LogP contribution in [0.25, 0.3) is 10.9 Å². The van der Waals surface area contributed by atoms with Gasteiger partial charge in [-0.15, -0.1) is 0 Å². The van der Waals surface area contributed by atoms with Crippen LogP contribution in [0.15, 0.2) is 47.6 Å². The van der Waals surface area contributed by atoms with E-state index in [0.29, 0.717) is 0 Å². The number of benzene rings is 2. The average Bonchev–Trinajstić information content (AvgIpc) is 2.90. The number of hydrogen-bond acceptors (Lipinski definition) is 3. The molecule has 0 aliphatic carbocycles. The predicted molar refractivity (Wildman–Crippen MR) is 89.2 cm³/mol. The number of aryl methyl sites for hydroxylation is 1. The molecule has 3 rings (SSSR count). The lowest BCUT2D eigenvalue weighted by molar-refractivity contribution is 0.0951. The number of nitriles is 1. The lowest BCUT2D eigenvalue weighted by Gasteiger charge is -2.01. The van der Waals surface area contributed by atoms with Crippen molar-refractivity contribution < 1.29 is 9.18 Å². The summed E-state index contributed by atoms with van der Waals surface area (Å²) in [5.74, 6) is -1.43. The monoisotopic (exact) mass is 320 g/mol. The Labute approximate surface area is 137 Å². The first-order valence-electron chi connectivity index (χ1n) is 7.20. The van der Waals surface area contributed by atoms with Gasteiger partial charge in [0.1, 0.15) is 5.82 Å². The van der Waals surface area contributed by atoms with Crippen LogP contribution in [0.4, 0.5) is 4.39 Å². The Bertz CT molecular complexity index is 998. The van der Waals surface area contributed by atoms with Gasteiger partial charge in [-0.1, -0.05) is 18.2 Å². The van der Waals surface area contributed by atoms with Gasteiger partial charge in [0, 0.05) is 22.2 Å². The highest BCUT2D eigenvalue weighted by atomic mass is 19.1. The SMILES string of the molecule is Cc1[nH]c2ccccc2c1/C=N/NC(=O)c1ccc(C#N)cc1F. The number of fused-ring (bicyclic) bond motifs is 1. The Morgan fingerprint density at radius 2 is 2.12 bits per heavy atom. The maximum absolute atomic E-state index is 13.8. The predicted octanol–water partition coefficient (Wildman–Crippen LogP) is 3.25. The highest BCUT2D eigenvalue weighted by Crippen LogP contribution is 2.19. The first-order chi connectivity index (χ1) is 11.6. The van der Waals surface area contributed by atoms with Gasteiger partial charge in [0.05, 0.1) is 23.4 Å². The molecule has 0 unspecified atom stereocenters. The van der Waals surface area contributed by atoms with Crippen LogP contribution in [0, 0.1) is 24.1 Å². The van der Waals surface area contributed by atoms with Gasteiger partial charge < -0.3 is 4.98 Å². The quantitative estimate of drug-likeness (QED) is 0.574. The summed E-state index contributed by atoms with van der Waals surface area (Å²) in [7, 11) is 0. The largest absolute Gasteiger partial charge is 0.358 e. The second-order valence-corrected chi connectivity index (χ2v) is 5.21. The molecule has 0 saturated heterocycles. The lowest BCUT2D eigenvalue weighted by atomic mass is 10.1. The minimum atomic E-state index is -0.759. The Morgan fingerprint density at radius 3 is 2.88 bits per heavy atom. The maximum atomic E-state index is 13.8. The number of halogens is 1. The molecule has 1 heterocycles. The maximum Gasteiger partial charge on any atom is 0.274 e. The summed E-state index contributed by atoms with van der Waals surface area (Å²) in [6.07, 6.45) is 1.52. The zero-order chi connectivity index (χ0) is 17.1. The molecule has 2 N–H and O–H groups in total. The minimum absolute atomic E-state index is 0.155. The van der Waals surface area contributed by atoms with E-state index in [1.165, 1.54) is 18.3 Å². The van der Waals surface area contributed by atoms with Crippen molar-refractivity contribution in [3.63, 3.8) is 0 Å². The van der Waals surface area contributed by atoms with Gasteiger partial charge in [0.25, 0.3) is 5.91 Å². The number of nitrogens with zero attached hydrogens (tertiary/aromatic N) is 2. The molecular formula is C18H13FN4O. The van der Waals surface area contributed by atoms with Crippen LogP contribution in [0.3, 0.4) is 0 Å². The summed E-state index contributed by atoms with van der Waals surface area (Å²) in [6, 6.07) is 13.2. The van der Waals surface area contributed by atoms with Crippen molar-refractivity contribution >= 4 is 23.0 Å². The standard InChI is InChI=1S/C18H13FN4O/c1-11-15(13-4-2-3-5-17(13)22-11)10-21-23-18(24)14-7-6-12(9-20)8-16(14)19/h2-8,10,22H,1H3,(H,23,24)/b21-10+. The Morgan fingerprint density at radius 1 is 1.33 bits per heavy atom. The molecule has 6 heteroatoms. The molecule has 3 aromatic rings. The smallest absolute Gasteiger partial charge is 0.274 e. The molecule has 0 radical (unpaired) electrons. The Balaban J connectivity index is 1.80. The fourth-order valence-electron chi connectivity index (χ4n) is 2.45. The van der Waals surface area contributed by atoms with Crippen molar-refractivity contribution in [3.8, 4) is 6.07 Å². The first-order valence-corrected chi connectivity index (χ1v) is 7.20. The summed E-state index contributed by atoms with van der Waals surface area (Å²) in [4.78, 5) is 15.2. The molecule has 0 aliphatic heterocycles. The molecule has 0 spiro atoms. The van der Waals surface area contributed by atoms with E-state index in [2.05, 4.69) is 15.5 Å². The van der Waals surface area contributed by atoms with Gasteiger partial charge in [0.2, 0.25) is 0 Å². The molecule has 2 aromatic carbocycles. The molecule has 0 saturated carbocycles. The van der Waals surface area contributed by atoms with Crippen LogP contribution in [0.5, 0.6) is 0 Å². The number of carbonyl (C=O) groups excluding carboxylic acids is 1. The van der Waals surface area contributed by atoms with Gasteiger partial charge in [-0.05, 0) is 31.2 Å². The number of rotatable bonds is 3. The van der Waals surface area contributed by atoms with Crippen molar-refractivity contribution in [1.29, 1.82) is 5.26 Å². The molecule has 1 amide bonds. The van der Waals surface area contributed by atoms with E-state index >= 15 is 0 Å². The number of amides is 1. The number of para-hydroxylation sites is 1. The summed E-state index contributed by atoms with van der Waals surface area (Å²) >= 11 is 0. The third-order valence-corrected chi connectivity index (χ3v) is 3.65. The van der Waals surface area contributed by atoms with Crippen molar-refractivity contribution in [2.24, 2.45) is 5.10 Å². The fourth-order valence-corrected chi connectivity index (χ4v) is 2.45. The summed E-state index contributed by atoms with van der Waals surface area (Å²) in [6.45, 7) is 1.91. The summed E-state index contributed by atoms with van der Waals surface area (Å²) in [5, 5.41) is 13.6. The van der Waals surface area contributed by atoms with E-state index in [4.69, 9.17) is 5.26 Å². The van der Waals surface area contributed by atoms with Gasteiger partial charge in [-0.3, -0.25) is 4.79 Å². The minimum Gasteiger partial charge on any atom is -0.358 e. The molecule has 1 aromatic heterocycles. The van der Waals surface area contributed by atoms with E-state index in [9.17, 15) is 9.18 Å². The highest BCUT2D eigenvalue weighted by molar-refractivity contribution is 6.01. The first kappa shape index (κ1) is 15.4. The van der Waals surface area contributed by atoms with Crippen LogP contribution in [-0.2, 0) is 0 Å². The zero-order valence-corrected chi connectivity index (χ0v) is 12.8. The van der Waals surface area contributed by atoms with Gasteiger partial charge >= 0.3 is 0 Å². The molecule has 0 fully saturated rings. The third-order valence-electron chi connectivity index (χ3n) is 3.65. The van der Waals surface area contributed by atoms with Crippen molar-refractivity contribution in [2.75, 3.05) is 0 Å². The molecule has 0 aliphatic rings. The molecule has 118 valence electrons. The van der Waals surface area contributed by atoms with Gasteiger partial charge in [-0.2, -0.15) is 10.4 Å². The number of carbonyl (C=O) groups is 1. The van der Waals surface area contributed by atoms with Crippen molar-refractivity contribution in [1.82, 2.24) is 10.4 Å². The van der Waals surface area contributed by atoms with Crippen molar-refractivity contribution in [3.05, 3.63) is 70.7 Å². The van der Waals surface area contributed by atoms with Crippen LogP contribution in [0.2, 0.25) is 0 Å². The van der Waals surface area contributed by atoms with Crippen LogP contribution in [0.1, 0.15) is 27.2 Å². The zero-order valence-electron chi connectivity index (χ0n) is 12.8. The second-order valence-electron chi connectivity index (χ2n) is 5.21. The Hall–Kier alpha value is -3.46. The molecular weight excluding hydrogens is 307 g/mol. The number of aromatic nitrogens is 1. The number of H-pyrrole nitrogens is 1. The summed E-state index contributed by atoms with van der Waals surface area (Å²) < 4.78 is 13.8. The number of hydrazone groups is 1. The molecule has 5 nitrogen and oxygen atoms in total. The topological polar surface area (TPSA) is 81.0 Å². The molecule has 0 bridgehead atoms. The highest BCUT2D eigenvalue weighted by Gasteiger charge is 2.12. The molecule has 24 heavy (non-hydrogen) atoms. The number of aromatic amines is 1. The van der Waals surface area contributed by atoms with E-state index in [0.717, 1.165) is 28.2 Å². The van der Waals surface area contributed by atoms with E-state index in [-0.39, 0.29) is 11.1 Å². The van der Waals surface area contributed by atoms with Crippen LogP contribution in [-0.4, -0.2) is 17.1 Å². The van der Waals surface area contributed by atoms with Crippen LogP contribution >= 0.6 is 0 Å². The second kappa shape index (κ2) is 6.34. The fraction of sp³-hybridized carbons (Fsp3) is 0.0556. The Kier molecular flexibility index (Phi) is 4.08. The normalized spacial score (nSPS) is 10.9. The average molecular weight is 320 g/mol. The van der Waals surface area contributed by atoms with E-state index < -0.39 is 11.7 Å². The van der Waals surface area contributed by atoms with Gasteiger partial charge in [-0.25, -0.2) is 9.82 Å². The lowest BCUT2D eigenvalue weighted by Crippen LogP contribution is -2.19. The number of hydrogen-bond donors (Lipinski definition) is 2. The summed E-state index contributed by atoms with van der Waals surface area (Å²) in [5.41, 5.74) is 5.03. The van der Waals surface area contributed by atoms with Gasteiger partial charge in [0.15, 0.2) is 0 Å². The third kappa shape index (κ3) is 2.88.